The van der Waals surface area contributed by atoms with E-state index < -0.39 is 36.8 Å². The predicted molar refractivity (Wildman–Crippen MR) is 65.5 cm³/mol. The van der Waals surface area contributed by atoms with E-state index in [2.05, 4.69) is 10.3 Å². The van der Waals surface area contributed by atoms with Gasteiger partial charge < -0.3 is 31.1 Å². The molecule has 1 saturated heterocycles. The molecule has 1 aromatic heterocycles. The van der Waals surface area contributed by atoms with Crippen LogP contribution in [0.25, 0.3) is 0 Å². The summed E-state index contributed by atoms with van der Waals surface area (Å²) < 4.78 is 6.27. The first-order valence-electron chi connectivity index (χ1n) is 5.68. The van der Waals surface area contributed by atoms with Gasteiger partial charge >= 0.3 is 5.69 Å². The maximum Gasteiger partial charge on any atom is 0.351 e. The number of hydrogen-bond donors (Lipinski definition) is 5. The van der Waals surface area contributed by atoms with Gasteiger partial charge in [-0.1, -0.05) is 0 Å². The summed E-state index contributed by atoms with van der Waals surface area (Å²) in [5.74, 6) is 0.0236. The average Bonchev–Trinajstić information content (AvgIpc) is 2.67. The molecule has 0 aliphatic carbocycles. The molecule has 4 atom stereocenters. The molecule has 0 bridgehead atoms. The van der Waals surface area contributed by atoms with E-state index >= 15 is 0 Å². The van der Waals surface area contributed by atoms with E-state index in [1.54, 1.807) is 7.05 Å². The average molecular weight is 272 g/mol. The van der Waals surface area contributed by atoms with Crippen molar-refractivity contribution < 1.29 is 20.1 Å². The second kappa shape index (κ2) is 5.13. The number of nitrogens with zero attached hydrogens (tertiary/aromatic N) is 2. The molecular formula is C10H16N4O5. The van der Waals surface area contributed by atoms with Crippen molar-refractivity contribution in [1.82, 2.24) is 9.55 Å². The number of anilines is 2. The van der Waals surface area contributed by atoms with Crippen LogP contribution in [0, 0.1) is 0 Å². The molecule has 0 amide bonds. The van der Waals surface area contributed by atoms with Crippen LogP contribution < -0.4 is 16.7 Å². The third-order valence-corrected chi connectivity index (χ3v) is 3.04. The van der Waals surface area contributed by atoms with Crippen LogP contribution in [-0.2, 0) is 4.74 Å². The Balaban J connectivity index is 2.40. The largest absolute Gasteiger partial charge is 0.394 e. The Morgan fingerprint density at radius 2 is 2.21 bits per heavy atom. The lowest BCUT2D eigenvalue weighted by Crippen LogP contribution is -2.36. The maximum atomic E-state index is 11.8. The highest BCUT2D eigenvalue weighted by Gasteiger charge is 2.43. The molecule has 6 N–H and O–H groups in total. The van der Waals surface area contributed by atoms with Gasteiger partial charge in [-0.05, 0) is 0 Å². The fourth-order valence-corrected chi connectivity index (χ4v) is 1.97. The smallest absolute Gasteiger partial charge is 0.351 e. The molecule has 19 heavy (non-hydrogen) atoms. The highest BCUT2D eigenvalue weighted by atomic mass is 16.6. The highest BCUT2D eigenvalue weighted by Crippen LogP contribution is 2.29. The number of aliphatic hydroxyl groups excluding tert-OH is 3. The highest BCUT2D eigenvalue weighted by molar-refractivity contribution is 5.59. The first kappa shape index (κ1) is 13.7. The van der Waals surface area contributed by atoms with Gasteiger partial charge in [0, 0.05) is 13.2 Å². The zero-order valence-electron chi connectivity index (χ0n) is 10.2. The van der Waals surface area contributed by atoms with E-state index in [0.717, 1.165) is 4.57 Å². The molecule has 0 spiro atoms. The number of ether oxygens (including phenoxy) is 1. The van der Waals surface area contributed by atoms with Crippen LogP contribution in [0.1, 0.15) is 6.23 Å². The van der Waals surface area contributed by atoms with Gasteiger partial charge in [0.2, 0.25) is 0 Å². The van der Waals surface area contributed by atoms with Crippen LogP contribution in [0.2, 0.25) is 0 Å². The van der Waals surface area contributed by atoms with Gasteiger partial charge in [-0.3, -0.25) is 4.57 Å². The van der Waals surface area contributed by atoms with Crippen LogP contribution in [0.5, 0.6) is 0 Å². The molecule has 9 nitrogen and oxygen atoms in total. The third kappa shape index (κ3) is 2.28. The molecule has 106 valence electrons. The molecule has 2 rings (SSSR count). The van der Waals surface area contributed by atoms with Crippen molar-refractivity contribution in [1.29, 1.82) is 0 Å². The fraction of sp³-hybridized carbons (Fsp3) is 0.600. The number of rotatable bonds is 3. The molecule has 0 radical (unpaired) electrons. The van der Waals surface area contributed by atoms with Gasteiger partial charge in [0.15, 0.2) is 12.0 Å². The molecular weight excluding hydrogens is 256 g/mol. The van der Waals surface area contributed by atoms with E-state index in [0.29, 0.717) is 5.69 Å². The molecule has 2 heterocycles. The van der Waals surface area contributed by atoms with Gasteiger partial charge in [-0.2, -0.15) is 4.98 Å². The minimum atomic E-state index is -1.34. The summed E-state index contributed by atoms with van der Waals surface area (Å²) in [6, 6.07) is 0. The normalized spacial score (nSPS) is 30.5. The van der Waals surface area contributed by atoms with Crippen LogP contribution in [0.4, 0.5) is 11.5 Å². The first-order valence-corrected chi connectivity index (χ1v) is 5.68. The summed E-state index contributed by atoms with van der Waals surface area (Å²) in [5, 5.41) is 31.2. The summed E-state index contributed by atoms with van der Waals surface area (Å²) in [7, 11) is 1.60. The Labute approximate surface area is 108 Å². The Bertz CT molecular complexity index is 519. The van der Waals surface area contributed by atoms with Gasteiger partial charge in [0.1, 0.15) is 18.3 Å². The lowest BCUT2D eigenvalue weighted by molar-refractivity contribution is -0.0548. The number of hydrogen-bond acceptors (Lipinski definition) is 8. The van der Waals surface area contributed by atoms with Crippen LogP contribution in [0.3, 0.4) is 0 Å². The second-order valence-electron chi connectivity index (χ2n) is 4.21. The van der Waals surface area contributed by atoms with E-state index in [4.69, 9.17) is 15.6 Å². The van der Waals surface area contributed by atoms with Crippen molar-refractivity contribution in [3.63, 3.8) is 0 Å². The maximum absolute atomic E-state index is 11.8. The summed E-state index contributed by atoms with van der Waals surface area (Å²) in [6.07, 6.45) is -3.37. The van der Waals surface area contributed by atoms with E-state index in [1.165, 1.54) is 6.20 Å². The third-order valence-electron chi connectivity index (χ3n) is 3.04. The summed E-state index contributed by atoms with van der Waals surface area (Å²) >= 11 is 0. The van der Waals surface area contributed by atoms with Crippen molar-refractivity contribution in [3.05, 3.63) is 16.7 Å². The fourth-order valence-electron chi connectivity index (χ4n) is 1.97. The number of aliphatic hydroxyl groups is 3. The Morgan fingerprint density at radius 1 is 1.53 bits per heavy atom. The number of nitrogen functional groups attached to an aromatic ring is 1. The second-order valence-corrected chi connectivity index (χ2v) is 4.21. The summed E-state index contributed by atoms with van der Waals surface area (Å²) in [5.41, 5.74) is 5.21. The van der Waals surface area contributed by atoms with Gasteiger partial charge in [0.05, 0.1) is 12.3 Å². The first-order chi connectivity index (χ1) is 8.99. The molecule has 9 heteroatoms. The van der Waals surface area contributed by atoms with Crippen LogP contribution in [-0.4, -0.2) is 56.8 Å². The Hall–Kier alpha value is -1.68. The number of nitrogens with two attached hydrogens (primary N) is 1. The zero-order chi connectivity index (χ0) is 14.2. The van der Waals surface area contributed by atoms with Crippen molar-refractivity contribution in [2.45, 2.75) is 24.5 Å². The van der Waals surface area contributed by atoms with Crippen molar-refractivity contribution in [2.75, 3.05) is 24.7 Å². The van der Waals surface area contributed by atoms with Crippen molar-refractivity contribution in [3.8, 4) is 0 Å². The van der Waals surface area contributed by atoms with E-state index in [9.17, 15) is 15.0 Å². The van der Waals surface area contributed by atoms with Gasteiger partial charge in [0.25, 0.3) is 0 Å². The zero-order valence-corrected chi connectivity index (χ0v) is 10.2. The molecule has 1 aliphatic heterocycles. The van der Waals surface area contributed by atoms with Crippen LogP contribution >= 0.6 is 0 Å². The lowest BCUT2D eigenvalue weighted by atomic mass is 10.1. The molecule has 0 saturated carbocycles. The topological polar surface area (TPSA) is 143 Å². The number of nitrogens with one attached hydrogen (secondary N) is 1. The molecule has 0 aromatic carbocycles. The molecule has 1 aliphatic rings. The minimum absolute atomic E-state index is 0.0236. The Morgan fingerprint density at radius 3 is 2.74 bits per heavy atom. The van der Waals surface area contributed by atoms with Gasteiger partial charge in [-0.15, -0.1) is 0 Å². The minimum Gasteiger partial charge on any atom is -0.394 e. The molecule has 2 unspecified atom stereocenters. The van der Waals surface area contributed by atoms with Crippen LogP contribution in [0.15, 0.2) is 11.0 Å². The summed E-state index contributed by atoms with van der Waals surface area (Å²) in [6.45, 7) is -0.467. The molecule has 1 aromatic rings. The van der Waals surface area contributed by atoms with Gasteiger partial charge in [-0.25, -0.2) is 4.79 Å². The lowest BCUT2D eigenvalue weighted by Gasteiger charge is -2.18. The monoisotopic (exact) mass is 272 g/mol. The van der Waals surface area contributed by atoms with Crippen molar-refractivity contribution >= 4 is 11.5 Å². The summed E-state index contributed by atoms with van der Waals surface area (Å²) in [4.78, 5) is 15.3. The SMILES string of the molecule is CNc1cn([C@@H]2O[C@H](CO)C(O)C2O)c(=O)nc1N. The standard InChI is InChI=1S/C10H16N4O5/c1-12-4-2-14(10(18)13-8(4)11)9-7(17)6(16)5(3-15)19-9/h2,5-7,9,12,15-17H,3H2,1H3,(H2,11,13,18)/t5-,6?,7?,9-/m1/s1. The van der Waals surface area contributed by atoms with E-state index in [-0.39, 0.29) is 5.82 Å². The Kier molecular flexibility index (Phi) is 3.71. The predicted octanol–water partition coefficient (Wildman–Crippen LogP) is -2.52. The van der Waals surface area contributed by atoms with Crippen molar-refractivity contribution in [2.24, 2.45) is 0 Å². The quantitative estimate of drug-likeness (QED) is 0.405. The molecule has 1 fully saturated rings. The van der Waals surface area contributed by atoms with E-state index in [1.807, 2.05) is 0 Å². The number of aromatic nitrogens is 2.